The zero-order valence-electron chi connectivity index (χ0n) is 16.8. The van der Waals surface area contributed by atoms with Gasteiger partial charge in [-0.1, -0.05) is 0 Å². The largest absolute Gasteiger partial charge is 0.495 e. The predicted molar refractivity (Wildman–Crippen MR) is 112 cm³/mol. The van der Waals surface area contributed by atoms with Crippen LogP contribution in [-0.4, -0.2) is 89.8 Å². The fourth-order valence-electron chi connectivity index (χ4n) is 4.61. The van der Waals surface area contributed by atoms with Crippen molar-refractivity contribution in [3.05, 3.63) is 18.2 Å². The number of benzene rings is 1. The zero-order chi connectivity index (χ0) is 22.8. The number of fused-ring (bicyclic) bond motifs is 2. The van der Waals surface area contributed by atoms with Gasteiger partial charge in [0.15, 0.2) is 19.7 Å². The lowest BCUT2D eigenvalue weighted by atomic mass is 10.0. The van der Waals surface area contributed by atoms with Crippen LogP contribution >= 0.6 is 0 Å². The SMILES string of the molecule is COc1ccc(S(=O)(=O)N2[C@@H]3CS(=O)(=O)C[C@@H]3N[C@@H]3CS(=O)(=O)C[C@H]32)cc1NC(C)=O. The van der Waals surface area contributed by atoms with Crippen LogP contribution in [0.25, 0.3) is 0 Å². The first-order valence-electron chi connectivity index (χ1n) is 9.49. The maximum atomic E-state index is 13.7. The van der Waals surface area contributed by atoms with Crippen LogP contribution in [-0.2, 0) is 34.5 Å². The van der Waals surface area contributed by atoms with Gasteiger partial charge < -0.3 is 15.4 Å². The molecule has 0 unspecified atom stereocenters. The van der Waals surface area contributed by atoms with Crippen LogP contribution < -0.4 is 15.4 Å². The van der Waals surface area contributed by atoms with E-state index in [4.69, 9.17) is 4.74 Å². The fourth-order valence-corrected chi connectivity index (χ4v) is 10.5. The maximum absolute atomic E-state index is 13.7. The molecule has 4 atom stereocenters. The van der Waals surface area contributed by atoms with E-state index in [0.29, 0.717) is 0 Å². The Balaban J connectivity index is 1.82. The first kappa shape index (κ1) is 22.5. The summed E-state index contributed by atoms with van der Waals surface area (Å²) in [5, 5.41) is 5.56. The van der Waals surface area contributed by atoms with E-state index in [1.54, 1.807) is 0 Å². The zero-order valence-corrected chi connectivity index (χ0v) is 19.3. The van der Waals surface area contributed by atoms with Crippen LogP contribution in [0.5, 0.6) is 5.75 Å². The molecule has 4 rings (SSSR count). The highest BCUT2D eigenvalue weighted by atomic mass is 32.2. The summed E-state index contributed by atoms with van der Waals surface area (Å²) in [5.41, 5.74) is 0.136. The molecule has 3 heterocycles. The number of piperazine rings is 1. The number of hydrogen-bond acceptors (Lipinski definition) is 9. The van der Waals surface area contributed by atoms with Gasteiger partial charge in [-0.15, -0.1) is 0 Å². The van der Waals surface area contributed by atoms with Gasteiger partial charge >= 0.3 is 0 Å². The molecule has 0 spiro atoms. The molecule has 0 aliphatic carbocycles. The molecule has 0 bridgehead atoms. The second-order valence-electron chi connectivity index (χ2n) is 8.05. The van der Waals surface area contributed by atoms with Gasteiger partial charge in [0, 0.05) is 19.0 Å². The fraction of sp³-hybridized carbons (Fsp3) is 0.588. The number of sulfonamides is 1. The third kappa shape index (κ3) is 4.06. The van der Waals surface area contributed by atoms with Gasteiger partial charge in [0.2, 0.25) is 15.9 Å². The lowest BCUT2D eigenvalue weighted by Crippen LogP contribution is -2.67. The lowest BCUT2D eigenvalue weighted by molar-refractivity contribution is -0.114. The van der Waals surface area contributed by atoms with Crippen LogP contribution in [0, 0.1) is 0 Å². The number of hydrogen-bond donors (Lipinski definition) is 2. The number of amides is 1. The lowest BCUT2D eigenvalue weighted by Gasteiger charge is -2.43. The average Bonchev–Trinajstić information content (AvgIpc) is 3.10. The standard InChI is InChI=1S/C17H23N3O8S3/c1-10(21)18-12-5-11(3-4-17(12)28-2)31(26,27)20-15-8-29(22,23)6-13(15)19-14-7-30(24,25)9-16(14)20/h3-5,13-16,19H,6-9H2,1-2H3,(H,18,21)/t13-,14+,15-,16-/m1/s1. The third-order valence-electron chi connectivity index (χ3n) is 5.78. The first-order valence-corrected chi connectivity index (χ1v) is 14.6. The van der Waals surface area contributed by atoms with Crippen molar-refractivity contribution in [2.75, 3.05) is 35.4 Å². The number of ether oxygens (including phenoxy) is 1. The highest BCUT2D eigenvalue weighted by Crippen LogP contribution is 2.37. The minimum atomic E-state index is -4.30. The molecule has 3 fully saturated rings. The molecule has 11 nitrogen and oxygen atoms in total. The molecule has 1 aromatic carbocycles. The number of rotatable bonds is 4. The second kappa shape index (κ2) is 7.40. The molecule has 3 aliphatic heterocycles. The summed E-state index contributed by atoms with van der Waals surface area (Å²) in [5.74, 6) is -1.47. The van der Waals surface area contributed by atoms with Crippen molar-refractivity contribution in [3.8, 4) is 5.75 Å². The summed E-state index contributed by atoms with van der Waals surface area (Å²) in [6.45, 7) is 1.26. The van der Waals surface area contributed by atoms with Gasteiger partial charge in [0.1, 0.15) is 5.75 Å². The molecule has 3 saturated heterocycles. The van der Waals surface area contributed by atoms with Crippen LogP contribution in [0.15, 0.2) is 23.1 Å². The van der Waals surface area contributed by atoms with E-state index in [1.165, 1.54) is 32.2 Å². The second-order valence-corrected chi connectivity index (χ2v) is 14.2. The van der Waals surface area contributed by atoms with Gasteiger partial charge in [-0.05, 0) is 18.2 Å². The predicted octanol–water partition coefficient (Wildman–Crippen LogP) is -1.42. The van der Waals surface area contributed by atoms with Crippen LogP contribution in [0.4, 0.5) is 5.69 Å². The molecule has 3 aliphatic rings. The van der Waals surface area contributed by atoms with Crippen molar-refractivity contribution in [2.24, 2.45) is 0 Å². The molecule has 2 N–H and O–H groups in total. The molecule has 1 aromatic rings. The number of nitrogens with one attached hydrogen (secondary N) is 2. The van der Waals surface area contributed by atoms with Crippen molar-refractivity contribution in [3.63, 3.8) is 0 Å². The Morgan fingerprint density at radius 3 is 2.10 bits per heavy atom. The number of carbonyl (C=O) groups excluding carboxylic acids is 1. The molecular weight excluding hydrogens is 470 g/mol. The molecule has 1 amide bonds. The Bertz CT molecular complexity index is 1200. The number of nitrogens with zero attached hydrogens (tertiary/aromatic N) is 1. The maximum Gasteiger partial charge on any atom is 0.243 e. The van der Waals surface area contributed by atoms with E-state index in [1.807, 2.05) is 0 Å². The minimum Gasteiger partial charge on any atom is -0.495 e. The van der Waals surface area contributed by atoms with E-state index in [-0.39, 0.29) is 39.3 Å². The van der Waals surface area contributed by atoms with Gasteiger partial charge in [-0.3, -0.25) is 4.79 Å². The van der Waals surface area contributed by atoms with Crippen LogP contribution in [0.1, 0.15) is 6.92 Å². The van der Waals surface area contributed by atoms with E-state index in [9.17, 15) is 30.0 Å². The van der Waals surface area contributed by atoms with Gasteiger partial charge in [0.05, 0.1) is 52.8 Å². The molecular formula is C17H23N3O8S3. The van der Waals surface area contributed by atoms with Gasteiger partial charge in [-0.2, -0.15) is 4.31 Å². The number of anilines is 1. The minimum absolute atomic E-state index is 0.136. The van der Waals surface area contributed by atoms with Crippen molar-refractivity contribution in [1.82, 2.24) is 9.62 Å². The summed E-state index contributed by atoms with van der Waals surface area (Å²) in [7, 11) is -9.92. The van der Waals surface area contributed by atoms with E-state index < -0.39 is 59.8 Å². The van der Waals surface area contributed by atoms with E-state index in [2.05, 4.69) is 10.6 Å². The molecule has 14 heteroatoms. The van der Waals surface area contributed by atoms with E-state index >= 15 is 0 Å². The third-order valence-corrected chi connectivity index (χ3v) is 11.2. The van der Waals surface area contributed by atoms with Crippen LogP contribution in [0.3, 0.4) is 0 Å². The highest BCUT2D eigenvalue weighted by molar-refractivity contribution is 7.92. The van der Waals surface area contributed by atoms with Crippen molar-refractivity contribution in [2.45, 2.75) is 36.0 Å². The van der Waals surface area contributed by atoms with E-state index in [0.717, 1.165) is 4.31 Å². The van der Waals surface area contributed by atoms with Crippen LogP contribution in [0.2, 0.25) is 0 Å². The first-order chi connectivity index (χ1) is 14.3. The molecule has 0 saturated carbocycles. The van der Waals surface area contributed by atoms with Crippen molar-refractivity contribution in [1.29, 1.82) is 0 Å². The van der Waals surface area contributed by atoms with Gasteiger partial charge in [-0.25, -0.2) is 25.3 Å². The quantitative estimate of drug-likeness (QED) is 0.514. The Labute approximate surface area is 181 Å². The number of methoxy groups -OCH3 is 1. The Hall–Kier alpha value is -1.74. The summed E-state index contributed by atoms with van der Waals surface area (Å²) in [4.78, 5) is 11.3. The summed E-state index contributed by atoms with van der Waals surface area (Å²) in [6.07, 6.45) is 0. The molecule has 31 heavy (non-hydrogen) atoms. The molecule has 0 aromatic heterocycles. The number of carbonyl (C=O) groups is 1. The van der Waals surface area contributed by atoms with Crippen molar-refractivity contribution < 1.29 is 34.8 Å². The van der Waals surface area contributed by atoms with Gasteiger partial charge in [0.25, 0.3) is 0 Å². The normalized spacial score (nSPS) is 31.5. The number of sulfone groups is 2. The monoisotopic (exact) mass is 493 g/mol. The summed E-state index contributed by atoms with van der Waals surface area (Å²) in [6, 6.07) is 0.676. The smallest absolute Gasteiger partial charge is 0.243 e. The van der Waals surface area contributed by atoms with Crippen molar-refractivity contribution >= 4 is 41.3 Å². The Morgan fingerprint density at radius 2 is 1.61 bits per heavy atom. The summed E-state index contributed by atoms with van der Waals surface area (Å²) >= 11 is 0. The molecule has 0 radical (unpaired) electrons. The Kier molecular flexibility index (Phi) is 5.36. The highest BCUT2D eigenvalue weighted by Gasteiger charge is 2.57. The molecule has 172 valence electrons. The average molecular weight is 494 g/mol. The summed E-state index contributed by atoms with van der Waals surface area (Å²) < 4.78 is 82.7. The Morgan fingerprint density at radius 1 is 1.06 bits per heavy atom. The topological polar surface area (TPSA) is 156 Å².